The molecule has 9 nitrogen and oxygen atoms in total. The Bertz CT molecular complexity index is 1350. The number of ether oxygens (including phenoxy) is 2. The van der Waals surface area contributed by atoms with Crippen LogP contribution in [-0.2, 0) is 32.7 Å². The van der Waals surface area contributed by atoms with Gasteiger partial charge in [-0.05, 0) is 96.3 Å². The van der Waals surface area contributed by atoms with Crippen LogP contribution in [0.4, 0.5) is 0 Å². The van der Waals surface area contributed by atoms with E-state index in [-0.39, 0.29) is 26.1 Å². The van der Waals surface area contributed by atoms with Crippen molar-refractivity contribution in [2.45, 2.75) is 136 Å². The zero-order valence-corrected chi connectivity index (χ0v) is 37.6. The highest BCUT2D eigenvalue weighted by Crippen LogP contribution is 2.43. The van der Waals surface area contributed by atoms with Gasteiger partial charge in [-0.3, -0.25) is 18.6 Å². The van der Waals surface area contributed by atoms with Crippen LogP contribution in [0.2, 0.25) is 0 Å². The number of carbonyl (C=O) groups excluding carboxylic acids is 2. The van der Waals surface area contributed by atoms with Crippen molar-refractivity contribution in [3.8, 4) is 0 Å². The molecule has 0 aliphatic rings. The summed E-state index contributed by atoms with van der Waals surface area (Å²) in [5, 5.41) is 0. The molecule has 0 fully saturated rings. The SMILES string of the molecule is CC/C=C/C/C=C/C/C=C/C/C=C/C/C=C/CCCCCC(=O)OC[C@H](COP(=O)(O)OCC[N+](C)(C)C)OC(=O)CCCC/C=C/C/C=C/C/C=C/C/C=C/CC. The molecule has 10 heteroatoms. The van der Waals surface area contributed by atoms with Gasteiger partial charge in [-0.15, -0.1) is 0 Å². The van der Waals surface area contributed by atoms with Gasteiger partial charge in [-0.25, -0.2) is 4.57 Å². The van der Waals surface area contributed by atoms with E-state index in [1.807, 2.05) is 21.1 Å². The van der Waals surface area contributed by atoms with Crippen molar-refractivity contribution in [1.82, 2.24) is 0 Å². The maximum atomic E-state index is 12.7. The van der Waals surface area contributed by atoms with Gasteiger partial charge in [0.2, 0.25) is 0 Å². The Labute approximate surface area is 353 Å². The highest BCUT2D eigenvalue weighted by atomic mass is 31.2. The van der Waals surface area contributed by atoms with E-state index in [0.29, 0.717) is 23.9 Å². The number of phosphoric acid groups is 1. The molecule has 328 valence electrons. The van der Waals surface area contributed by atoms with E-state index in [4.69, 9.17) is 18.5 Å². The predicted molar refractivity (Wildman–Crippen MR) is 242 cm³/mol. The lowest BCUT2D eigenvalue weighted by atomic mass is 10.1. The van der Waals surface area contributed by atoms with Crippen molar-refractivity contribution < 1.29 is 42.1 Å². The summed E-state index contributed by atoms with van der Waals surface area (Å²) in [7, 11) is 1.41. The minimum atomic E-state index is -4.40. The Morgan fingerprint density at radius 3 is 1.38 bits per heavy atom. The second kappa shape index (κ2) is 39.1. The molecule has 1 unspecified atom stereocenters. The van der Waals surface area contributed by atoms with E-state index in [1.165, 1.54) is 0 Å². The molecule has 58 heavy (non-hydrogen) atoms. The van der Waals surface area contributed by atoms with Crippen LogP contribution in [0, 0.1) is 0 Å². The quantitative estimate of drug-likeness (QED) is 0.0217. The third-order valence-electron chi connectivity index (χ3n) is 8.30. The molecule has 0 spiro atoms. The minimum absolute atomic E-state index is 0.0110. The molecule has 0 aliphatic carbocycles. The first-order valence-corrected chi connectivity index (χ1v) is 23.1. The van der Waals surface area contributed by atoms with Gasteiger partial charge in [0.1, 0.15) is 19.8 Å². The first-order chi connectivity index (χ1) is 28.0. The Morgan fingerprint density at radius 1 is 0.534 bits per heavy atom. The van der Waals surface area contributed by atoms with Gasteiger partial charge in [0.05, 0.1) is 27.7 Å². The van der Waals surface area contributed by atoms with Crippen LogP contribution in [-0.4, -0.2) is 74.9 Å². The maximum absolute atomic E-state index is 12.7. The minimum Gasteiger partial charge on any atom is -0.462 e. The van der Waals surface area contributed by atoms with Crippen LogP contribution < -0.4 is 0 Å². The lowest BCUT2D eigenvalue weighted by Gasteiger charge is -2.24. The molecule has 0 amide bonds. The first kappa shape index (κ1) is 54.7. The van der Waals surface area contributed by atoms with Crippen LogP contribution >= 0.6 is 7.82 Å². The molecule has 0 rings (SSSR count). The monoisotopic (exact) mass is 829 g/mol. The molecule has 1 N–H and O–H groups in total. The summed E-state index contributed by atoms with van der Waals surface area (Å²) < 4.78 is 34.2. The molecule has 0 aromatic carbocycles. The molecule has 2 atom stereocenters. The normalized spacial score (nSPS) is 14.7. The number of carbonyl (C=O) groups is 2. The van der Waals surface area contributed by atoms with E-state index in [1.54, 1.807) is 0 Å². The first-order valence-electron chi connectivity index (χ1n) is 21.6. The van der Waals surface area contributed by atoms with Gasteiger partial charge in [0.25, 0.3) is 0 Å². The number of rotatable bonds is 37. The molecule has 0 aromatic rings. The lowest BCUT2D eigenvalue weighted by molar-refractivity contribution is -0.870. The molecule has 0 bridgehead atoms. The number of likely N-dealkylation sites (N-methyl/N-ethyl adjacent to an activating group) is 1. The summed E-state index contributed by atoms with van der Waals surface area (Å²) in [5.74, 6) is -0.899. The average molecular weight is 829 g/mol. The van der Waals surface area contributed by atoms with E-state index in [2.05, 4.69) is 123 Å². The highest BCUT2D eigenvalue weighted by Gasteiger charge is 2.27. The van der Waals surface area contributed by atoms with Gasteiger partial charge in [-0.2, -0.15) is 0 Å². The number of hydrogen-bond donors (Lipinski definition) is 1. The third kappa shape index (κ3) is 42.3. The van der Waals surface area contributed by atoms with Gasteiger partial charge >= 0.3 is 19.8 Å². The summed E-state index contributed by atoms with van der Waals surface area (Å²) in [6.07, 6.45) is 52.9. The topological polar surface area (TPSA) is 108 Å². The number of hydrogen-bond acceptors (Lipinski definition) is 7. The Kier molecular flexibility index (Phi) is 36.9. The molecule has 0 aromatic heterocycles. The Morgan fingerprint density at radius 2 is 0.931 bits per heavy atom. The lowest BCUT2D eigenvalue weighted by Crippen LogP contribution is -2.37. The molecule has 0 saturated carbocycles. The summed E-state index contributed by atoms with van der Waals surface area (Å²) in [5.41, 5.74) is 0. The maximum Gasteiger partial charge on any atom is 0.472 e. The number of unbranched alkanes of at least 4 members (excludes halogenated alkanes) is 5. The highest BCUT2D eigenvalue weighted by molar-refractivity contribution is 7.47. The van der Waals surface area contributed by atoms with E-state index in [0.717, 1.165) is 89.9 Å². The second-order valence-electron chi connectivity index (χ2n) is 15.0. The Hall–Kier alpha value is -3.33. The zero-order valence-electron chi connectivity index (χ0n) is 36.7. The van der Waals surface area contributed by atoms with Crippen LogP contribution in [0.15, 0.2) is 109 Å². The molecule has 0 radical (unpaired) electrons. The smallest absolute Gasteiger partial charge is 0.462 e. The summed E-state index contributed by atoms with van der Waals surface area (Å²) in [4.78, 5) is 35.3. The number of quaternary nitrogens is 1. The molecule has 0 aliphatic heterocycles. The summed E-state index contributed by atoms with van der Waals surface area (Å²) in [6.45, 7) is 4.07. The van der Waals surface area contributed by atoms with E-state index < -0.39 is 32.5 Å². The van der Waals surface area contributed by atoms with Crippen LogP contribution in [0.5, 0.6) is 0 Å². The number of esters is 2. The van der Waals surface area contributed by atoms with Gasteiger partial charge in [-0.1, -0.05) is 130 Å². The van der Waals surface area contributed by atoms with Crippen molar-refractivity contribution in [3.63, 3.8) is 0 Å². The third-order valence-corrected chi connectivity index (χ3v) is 9.28. The van der Waals surface area contributed by atoms with Crippen molar-refractivity contribution in [2.24, 2.45) is 0 Å². The zero-order chi connectivity index (χ0) is 42.8. The molecule has 0 saturated heterocycles. The molecule has 0 heterocycles. The van der Waals surface area contributed by atoms with Crippen LogP contribution in [0.1, 0.15) is 129 Å². The average Bonchev–Trinajstić information content (AvgIpc) is 3.17. The van der Waals surface area contributed by atoms with Gasteiger partial charge in [0, 0.05) is 12.8 Å². The van der Waals surface area contributed by atoms with Crippen molar-refractivity contribution >= 4 is 19.8 Å². The van der Waals surface area contributed by atoms with Crippen LogP contribution in [0.25, 0.3) is 0 Å². The van der Waals surface area contributed by atoms with E-state index >= 15 is 0 Å². The fourth-order valence-electron chi connectivity index (χ4n) is 4.97. The fraction of sp³-hybridized carbons (Fsp3) is 0.583. The Balaban J connectivity index is 4.52. The number of phosphoric ester groups is 1. The van der Waals surface area contributed by atoms with Crippen molar-refractivity contribution in [2.75, 3.05) is 47.5 Å². The summed E-state index contributed by atoms with van der Waals surface area (Å²) in [6, 6.07) is 0. The number of nitrogens with zero attached hydrogens (tertiary/aromatic N) is 1. The van der Waals surface area contributed by atoms with Gasteiger partial charge < -0.3 is 18.9 Å². The second-order valence-corrected chi connectivity index (χ2v) is 16.4. The van der Waals surface area contributed by atoms with Crippen LogP contribution in [0.3, 0.4) is 0 Å². The largest absolute Gasteiger partial charge is 0.472 e. The molecular weight excluding hydrogens is 750 g/mol. The predicted octanol–water partition coefficient (Wildman–Crippen LogP) is 12.3. The number of allylic oxidation sites excluding steroid dienone is 18. The summed E-state index contributed by atoms with van der Waals surface area (Å²) >= 11 is 0. The van der Waals surface area contributed by atoms with Crippen molar-refractivity contribution in [3.05, 3.63) is 109 Å². The fourth-order valence-corrected chi connectivity index (χ4v) is 5.71. The van der Waals surface area contributed by atoms with E-state index in [9.17, 15) is 19.0 Å². The van der Waals surface area contributed by atoms with Gasteiger partial charge in [0.15, 0.2) is 6.10 Å². The van der Waals surface area contributed by atoms with Crippen molar-refractivity contribution in [1.29, 1.82) is 0 Å². The molecular formula is C48H79NO8P+. The standard InChI is InChI=1S/C48H78NO8P/c1-6-8-10-12-14-16-18-20-22-23-24-25-27-28-30-32-34-36-38-40-47(50)54-44-46(45-56-58(52,53)55-43-42-49(3,4)5)57-48(51)41-39-37-35-33-31-29-26-21-19-17-15-13-11-9-7-2/h8-11,14-17,20-22,24-26,28,30-31,33,46H,6-7,12-13,18-19,23,27,29,32,34-45H2,1-5H3/p+1/b10-8+,11-9+,16-14+,17-15+,22-20+,25-24+,26-21+,30-28+,33-31+/t46-/m1/s1.